The van der Waals surface area contributed by atoms with E-state index in [1.807, 2.05) is 0 Å². The summed E-state index contributed by atoms with van der Waals surface area (Å²) in [6, 6.07) is 0.699. The van der Waals surface area contributed by atoms with Crippen LogP contribution in [-0.2, 0) is 4.79 Å². The van der Waals surface area contributed by atoms with E-state index in [2.05, 4.69) is 25.7 Å². The molecule has 1 saturated carbocycles. The highest BCUT2D eigenvalue weighted by atomic mass is 16.1. The summed E-state index contributed by atoms with van der Waals surface area (Å²) < 4.78 is 0. The molecule has 1 heterocycles. The smallest absolute Gasteiger partial charge is 0.133 e. The molecule has 1 saturated heterocycles. The number of nitrogens with zero attached hydrogens (tertiary/aromatic N) is 1. The predicted octanol–water partition coefficient (Wildman–Crippen LogP) is 2.87. The summed E-state index contributed by atoms with van der Waals surface area (Å²) in [5, 5.41) is 0. The van der Waals surface area contributed by atoms with E-state index in [1.165, 1.54) is 19.5 Å². The van der Waals surface area contributed by atoms with Crippen LogP contribution in [0.3, 0.4) is 0 Å². The van der Waals surface area contributed by atoms with Gasteiger partial charge in [0.1, 0.15) is 5.78 Å². The topological polar surface area (TPSA) is 20.3 Å². The number of ketones is 1. The fourth-order valence-corrected chi connectivity index (χ4v) is 3.12. The molecule has 0 spiro atoms. The zero-order chi connectivity index (χ0) is 11.8. The molecule has 2 aliphatic rings. The minimum atomic E-state index is 0.444. The summed E-state index contributed by atoms with van der Waals surface area (Å²) >= 11 is 0. The van der Waals surface area contributed by atoms with E-state index in [0.717, 1.165) is 31.6 Å². The molecule has 2 rings (SSSR count). The number of carbonyl (C=O) groups excluding carboxylic acids is 1. The van der Waals surface area contributed by atoms with Gasteiger partial charge in [-0.25, -0.2) is 0 Å². The summed E-state index contributed by atoms with van der Waals surface area (Å²) in [5.41, 5.74) is 0.444. The largest absolute Gasteiger partial charge is 0.300 e. The first kappa shape index (κ1) is 12.1. The zero-order valence-electron chi connectivity index (χ0n) is 11.0. The molecular formula is C14H25NO. The third-order valence-corrected chi connectivity index (χ3v) is 4.47. The highest BCUT2D eigenvalue weighted by Crippen LogP contribution is 2.36. The Morgan fingerprint density at radius 1 is 1.12 bits per heavy atom. The van der Waals surface area contributed by atoms with Gasteiger partial charge in [0, 0.05) is 25.4 Å². The van der Waals surface area contributed by atoms with Crippen LogP contribution in [-0.4, -0.2) is 29.8 Å². The monoisotopic (exact) mass is 223 g/mol. The first-order valence-electron chi connectivity index (χ1n) is 6.72. The highest BCUT2D eigenvalue weighted by molar-refractivity contribution is 5.79. The van der Waals surface area contributed by atoms with E-state index in [4.69, 9.17) is 0 Å². The molecule has 0 aromatic heterocycles. The van der Waals surface area contributed by atoms with Gasteiger partial charge in [-0.15, -0.1) is 0 Å². The van der Waals surface area contributed by atoms with E-state index in [9.17, 15) is 4.79 Å². The summed E-state index contributed by atoms with van der Waals surface area (Å²) in [6.45, 7) is 9.56. The van der Waals surface area contributed by atoms with Crippen LogP contribution >= 0.6 is 0 Å². The van der Waals surface area contributed by atoms with Gasteiger partial charge < -0.3 is 4.90 Å². The van der Waals surface area contributed by atoms with Crippen LogP contribution in [0.25, 0.3) is 0 Å². The predicted molar refractivity (Wildman–Crippen MR) is 66.4 cm³/mol. The van der Waals surface area contributed by atoms with E-state index in [1.54, 1.807) is 0 Å². The zero-order valence-corrected chi connectivity index (χ0v) is 11.0. The molecule has 1 unspecified atom stereocenters. The van der Waals surface area contributed by atoms with Crippen LogP contribution in [0.15, 0.2) is 0 Å². The maximum absolute atomic E-state index is 11.2. The van der Waals surface area contributed by atoms with Crippen molar-refractivity contribution in [2.24, 2.45) is 11.3 Å². The maximum Gasteiger partial charge on any atom is 0.133 e. The van der Waals surface area contributed by atoms with Gasteiger partial charge in [0.2, 0.25) is 0 Å². The van der Waals surface area contributed by atoms with E-state index in [0.29, 0.717) is 17.2 Å². The molecule has 92 valence electrons. The lowest BCUT2D eigenvalue weighted by atomic mass is 9.80. The third kappa shape index (κ3) is 2.65. The Bertz CT molecular complexity index is 256. The van der Waals surface area contributed by atoms with Gasteiger partial charge in [-0.2, -0.15) is 0 Å². The lowest BCUT2D eigenvalue weighted by Gasteiger charge is -2.32. The van der Waals surface area contributed by atoms with Gasteiger partial charge >= 0.3 is 0 Å². The second kappa shape index (κ2) is 4.48. The molecule has 1 aliphatic heterocycles. The Labute approximate surface area is 99.4 Å². The van der Waals surface area contributed by atoms with Gasteiger partial charge in [0.05, 0.1) is 0 Å². The Morgan fingerprint density at radius 2 is 1.75 bits per heavy atom. The summed E-state index contributed by atoms with van der Waals surface area (Å²) in [5.74, 6) is 1.31. The fourth-order valence-electron chi connectivity index (χ4n) is 3.12. The van der Waals surface area contributed by atoms with Gasteiger partial charge in [-0.3, -0.25) is 4.79 Å². The molecule has 2 fully saturated rings. The molecule has 2 nitrogen and oxygen atoms in total. The molecule has 0 radical (unpaired) electrons. The van der Waals surface area contributed by atoms with Gasteiger partial charge in [-0.05, 0) is 37.1 Å². The molecule has 0 amide bonds. The van der Waals surface area contributed by atoms with Crippen LogP contribution in [0.1, 0.15) is 52.9 Å². The first-order valence-corrected chi connectivity index (χ1v) is 6.72. The second-order valence-electron chi connectivity index (χ2n) is 6.62. The molecule has 2 heteroatoms. The molecule has 0 aromatic carbocycles. The standard InChI is InChI=1S/C14H25NO/c1-14(2,3)11-8-9-15(10-11)12-4-6-13(16)7-5-12/h11-12H,4-10H2,1-3H3. The molecule has 0 aromatic rings. The van der Waals surface area contributed by atoms with Crippen molar-refractivity contribution in [3.8, 4) is 0 Å². The lowest BCUT2D eigenvalue weighted by molar-refractivity contribution is -0.121. The van der Waals surface area contributed by atoms with Crippen molar-refractivity contribution in [1.82, 2.24) is 4.90 Å². The van der Waals surface area contributed by atoms with Crippen molar-refractivity contribution in [2.45, 2.75) is 58.9 Å². The molecule has 1 atom stereocenters. The number of likely N-dealkylation sites (tertiary alicyclic amines) is 1. The number of Topliss-reactive ketones (excluding diaryl/α,β-unsaturated/α-hetero) is 1. The van der Waals surface area contributed by atoms with Crippen molar-refractivity contribution < 1.29 is 4.79 Å². The minimum Gasteiger partial charge on any atom is -0.300 e. The highest BCUT2D eigenvalue weighted by Gasteiger charge is 2.35. The van der Waals surface area contributed by atoms with Gasteiger partial charge in [0.15, 0.2) is 0 Å². The third-order valence-electron chi connectivity index (χ3n) is 4.47. The molecular weight excluding hydrogens is 198 g/mol. The SMILES string of the molecule is CC(C)(C)C1CCN(C2CCC(=O)CC2)C1. The van der Waals surface area contributed by atoms with Crippen LogP contribution in [0.2, 0.25) is 0 Å². The summed E-state index contributed by atoms with van der Waals surface area (Å²) in [7, 11) is 0. The minimum absolute atomic E-state index is 0.444. The van der Waals surface area contributed by atoms with Crippen LogP contribution in [0.4, 0.5) is 0 Å². The molecule has 0 N–H and O–H groups in total. The second-order valence-corrected chi connectivity index (χ2v) is 6.62. The molecule has 0 bridgehead atoms. The summed E-state index contributed by atoms with van der Waals surface area (Å²) in [4.78, 5) is 13.9. The van der Waals surface area contributed by atoms with Crippen LogP contribution in [0.5, 0.6) is 0 Å². The average Bonchev–Trinajstić information content (AvgIpc) is 2.67. The maximum atomic E-state index is 11.2. The normalized spacial score (nSPS) is 29.9. The first-order chi connectivity index (χ1) is 7.47. The quantitative estimate of drug-likeness (QED) is 0.681. The van der Waals surface area contributed by atoms with Crippen molar-refractivity contribution >= 4 is 5.78 Å². The number of rotatable bonds is 1. The van der Waals surface area contributed by atoms with Gasteiger partial charge in [-0.1, -0.05) is 20.8 Å². The van der Waals surface area contributed by atoms with Crippen molar-refractivity contribution in [3.05, 3.63) is 0 Å². The van der Waals surface area contributed by atoms with Crippen molar-refractivity contribution in [1.29, 1.82) is 0 Å². The Hall–Kier alpha value is -0.370. The van der Waals surface area contributed by atoms with Gasteiger partial charge in [0.25, 0.3) is 0 Å². The Morgan fingerprint density at radius 3 is 2.25 bits per heavy atom. The van der Waals surface area contributed by atoms with E-state index in [-0.39, 0.29) is 0 Å². The Kier molecular flexibility index (Phi) is 3.39. The fraction of sp³-hybridized carbons (Fsp3) is 0.929. The van der Waals surface area contributed by atoms with E-state index >= 15 is 0 Å². The van der Waals surface area contributed by atoms with Crippen molar-refractivity contribution in [2.75, 3.05) is 13.1 Å². The van der Waals surface area contributed by atoms with Crippen LogP contribution in [0, 0.1) is 11.3 Å². The molecule has 16 heavy (non-hydrogen) atoms. The average molecular weight is 223 g/mol. The Balaban J connectivity index is 1.87. The number of carbonyl (C=O) groups is 1. The number of hydrogen-bond acceptors (Lipinski definition) is 2. The lowest BCUT2D eigenvalue weighted by Crippen LogP contribution is -2.37. The molecule has 1 aliphatic carbocycles. The van der Waals surface area contributed by atoms with Crippen molar-refractivity contribution in [3.63, 3.8) is 0 Å². The van der Waals surface area contributed by atoms with Crippen LogP contribution < -0.4 is 0 Å². The summed E-state index contributed by atoms with van der Waals surface area (Å²) in [6.07, 6.45) is 5.20. The number of hydrogen-bond donors (Lipinski definition) is 0. The van der Waals surface area contributed by atoms with E-state index < -0.39 is 0 Å².